The molecule has 0 aliphatic carbocycles. The maximum Gasteiger partial charge on any atom is 0.198 e. The second kappa shape index (κ2) is 5.19. The quantitative estimate of drug-likeness (QED) is 0.626. The number of hydrogen-bond donors (Lipinski definition) is 1. The van der Waals surface area contributed by atoms with Gasteiger partial charge in [0.15, 0.2) is 5.43 Å². The first-order chi connectivity index (χ1) is 8.75. The molecule has 0 spiro atoms. The Labute approximate surface area is 109 Å². The molecule has 0 saturated heterocycles. The molecule has 2 aromatic heterocycles. The van der Waals surface area contributed by atoms with Crippen LogP contribution in [-0.2, 0) is 0 Å². The van der Waals surface area contributed by atoms with Gasteiger partial charge in [0.2, 0.25) is 0 Å². The summed E-state index contributed by atoms with van der Waals surface area (Å²) in [6.07, 6.45) is 1.65. The smallest absolute Gasteiger partial charge is 0.198 e. The molecule has 0 unspecified atom stereocenters. The molecule has 0 fully saturated rings. The van der Waals surface area contributed by atoms with Gasteiger partial charge in [-0.25, -0.2) is 4.98 Å². The second-order valence-corrected chi connectivity index (χ2v) is 3.98. The van der Waals surface area contributed by atoms with Gasteiger partial charge < -0.3 is 4.98 Å². The molecule has 1 aromatic carbocycles. The number of H-pyrrole nitrogens is 1. The van der Waals surface area contributed by atoms with Gasteiger partial charge in [-0.3, -0.25) is 4.79 Å². The molecule has 0 amide bonds. The van der Waals surface area contributed by atoms with E-state index in [-0.39, 0.29) is 5.43 Å². The number of rotatable bonds is 0. The molecule has 0 atom stereocenters. The first-order valence-corrected chi connectivity index (χ1v) is 6.20. The minimum Gasteiger partial charge on any atom is -0.339 e. The van der Waals surface area contributed by atoms with Gasteiger partial charge in [-0.15, -0.1) is 0 Å². The second-order valence-electron chi connectivity index (χ2n) is 3.54. The Morgan fingerprint density at radius 2 is 1.94 bits per heavy atom. The number of aromatic nitrogens is 2. The normalized spacial score (nSPS) is 10.2. The van der Waals surface area contributed by atoms with E-state index in [1.165, 1.54) is 0 Å². The lowest BCUT2D eigenvalue weighted by Gasteiger charge is -2.01. The minimum absolute atomic E-state index is 0.0423. The van der Waals surface area contributed by atoms with Crippen LogP contribution in [0.4, 0.5) is 0 Å². The summed E-state index contributed by atoms with van der Waals surface area (Å²) in [7, 11) is 0. The molecule has 3 nitrogen and oxygen atoms in total. The van der Waals surface area contributed by atoms with Gasteiger partial charge in [0.25, 0.3) is 0 Å². The minimum atomic E-state index is -0.0423. The zero-order chi connectivity index (χ0) is 13.1. The van der Waals surface area contributed by atoms with E-state index in [1.54, 1.807) is 36.5 Å². The van der Waals surface area contributed by atoms with Crippen LogP contribution in [-0.4, -0.2) is 9.97 Å². The Balaban J connectivity index is 0.000000574. The van der Waals surface area contributed by atoms with Crippen molar-refractivity contribution in [2.75, 3.05) is 0 Å². The number of aromatic amines is 1. The van der Waals surface area contributed by atoms with Crippen LogP contribution in [0.1, 0.15) is 13.8 Å². The summed E-state index contributed by atoms with van der Waals surface area (Å²) in [5.41, 5.74) is 1.31. The molecule has 4 heteroatoms. The highest BCUT2D eigenvalue weighted by atomic mass is 35.5. The first kappa shape index (κ1) is 12.6. The van der Waals surface area contributed by atoms with E-state index in [2.05, 4.69) is 9.97 Å². The molecule has 3 aromatic rings. The highest BCUT2D eigenvalue weighted by molar-refractivity contribution is 6.31. The molecular formula is C14H13ClN2O. The van der Waals surface area contributed by atoms with Gasteiger partial charge in [-0.1, -0.05) is 25.4 Å². The van der Waals surface area contributed by atoms with Crippen LogP contribution in [0.5, 0.6) is 0 Å². The number of nitrogens with zero attached hydrogens (tertiary/aromatic N) is 1. The molecule has 18 heavy (non-hydrogen) atoms. The third-order valence-corrected chi connectivity index (χ3v) is 2.77. The number of pyridine rings is 2. The van der Waals surface area contributed by atoms with Crippen LogP contribution < -0.4 is 5.43 Å². The fraction of sp³-hybridized carbons (Fsp3) is 0.143. The maximum atomic E-state index is 12.1. The van der Waals surface area contributed by atoms with E-state index in [4.69, 9.17) is 11.6 Å². The van der Waals surface area contributed by atoms with Gasteiger partial charge in [0, 0.05) is 16.6 Å². The zero-order valence-electron chi connectivity index (χ0n) is 10.2. The third-order valence-electron chi connectivity index (χ3n) is 2.53. The number of nitrogens with one attached hydrogen (secondary N) is 1. The molecule has 0 radical (unpaired) electrons. The van der Waals surface area contributed by atoms with Crippen molar-refractivity contribution in [3.63, 3.8) is 0 Å². The molecule has 0 aliphatic heterocycles. The molecule has 92 valence electrons. The van der Waals surface area contributed by atoms with Crippen molar-refractivity contribution < 1.29 is 0 Å². The van der Waals surface area contributed by atoms with Gasteiger partial charge in [-0.05, 0) is 30.3 Å². The predicted molar refractivity (Wildman–Crippen MR) is 76.2 cm³/mol. The van der Waals surface area contributed by atoms with Crippen LogP contribution in [0.3, 0.4) is 0 Å². The van der Waals surface area contributed by atoms with Crippen LogP contribution in [0.2, 0.25) is 5.02 Å². The van der Waals surface area contributed by atoms with Crippen LogP contribution >= 0.6 is 11.6 Å². The largest absolute Gasteiger partial charge is 0.339 e. The Kier molecular flexibility index (Phi) is 3.63. The van der Waals surface area contributed by atoms with Crippen molar-refractivity contribution in [2.24, 2.45) is 0 Å². The van der Waals surface area contributed by atoms with Gasteiger partial charge in [-0.2, -0.15) is 0 Å². The maximum absolute atomic E-state index is 12.1. The van der Waals surface area contributed by atoms with Crippen molar-refractivity contribution in [3.05, 3.63) is 51.8 Å². The average molecular weight is 261 g/mol. The molecule has 0 aliphatic rings. The Bertz CT molecular complexity index is 749. The Morgan fingerprint density at radius 1 is 1.17 bits per heavy atom. The molecule has 3 rings (SSSR count). The summed E-state index contributed by atoms with van der Waals surface area (Å²) >= 11 is 5.87. The Hall–Kier alpha value is -1.87. The third kappa shape index (κ3) is 2.09. The van der Waals surface area contributed by atoms with E-state index < -0.39 is 0 Å². The zero-order valence-corrected chi connectivity index (χ0v) is 11.0. The lowest BCUT2D eigenvalue weighted by atomic mass is 10.1. The van der Waals surface area contributed by atoms with Crippen molar-refractivity contribution in [1.29, 1.82) is 0 Å². The fourth-order valence-corrected chi connectivity index (χ4v) is 1.95. The van der Waals surface area contributed by atoms with Gasteiger partial charge >= 0.3 is 0 Å². The lowest BCUT2D eigenvalue weighted by Crippen LogP contribution is -2.04. The monoisotopic (exact) mass is 260 g/mol. The molecule has 2 heterocycles. The molecular weight excluding hydrogens is 248 g/mol. The van der Waals surface area contributed by atoms with Crippen LogP contribution in [0, 0.1) is 0 Å². The number of halogens is 1. The average Bonchev–Trinajstić information content (AvgIpc) is 2.42. The summed E-state index contributed by atoms with van der Waals surface area (Å²) in [6.45, 7) is 4.00. The number of fused-ring (bicyclic) bond motifs is 2. The first-order valence-electron chi connectivity index (χ1n) is 5.82. The summed E-state index contributed by atoms with van der Waals surface area (Å²) in [4.78, 5) is 19.4. The van der Waals surface area contributed by atoms with Crippen LogP contribution in [0.25, 0.3) is 21.9 Å². The van der Waals surface area contributed by atoms with E-state index in [9.17, 15) is 4.79 Å². The van der Waals surface area contributed by atoms with Crippen molar-refractivity contribution in [2.45, 2.75) is 13.8 Å². The number of hydrogen-bond acceptors (Lipinski definition) is 2. The topological polar surface area (TPSA) is 45.8 Å². The predicted octanol–water partition coefficient (Wildman–Crippen LogP) is 3.76. The summed E-state index contributed by atoms with van der Waals surface area (Å²) < 4.78 is 0. The van der Waals surface area contributed by atoms with E-state index in [0.29, 0.717) is 21.4 Å². The lowest BCUT2D eigenvalue weighted by molar-refractivity contribution is 1.32. The van der Waals surface area contributed by atoms with Gasteiger partial charge in [0.05, 0.1) is 10.9 Å². The van der Waals surface area contributed by atoms with E-state index in [1.807, 2.05) is 13.8 Å². The SMILES string of the molecule is CC.O=c1c2cc(Cl)ccc2[nH]c2ncccc12. The van der Waals surface area contributed by atoms with E-state index in [0.717, 1.165) is 5.52 Å². The standard InChI is InChI=1S/C12H7ClN2O.C2H6/c13-7-3-4-10-9(6-7)11(16)8-2-1-5-14-12(8)15-10;1-2/h1-6H,(H,14,15,16);1-2H3. The van der Waals surface area contributed by atoms with E-state index >= 15 is 0 Å². The summed E-state index contributed by atoms with van der Waals surface area (Å²) in [5.74, 6) is 0. The molecule has 0 bridgehead atoms. The van der Waals surface area contributed by atoms with Crippen molar-refractivity contribution >= 4 is 33.5 Å². The fourth-order valence-electron chi connectivity index (χ4n) is 1.77. The van der Waals surface area contributed by atoms with Crippen molar-refractivity contribution in [1.82, 2.24) is 9.97 Å². The summed E-state index contributed by atoms with van der Waals surface area (Å²) in [6, 6.07) is 8.69. The summed E-state index contributed by atoms with van der Waals surface area (Å²) in [5, 5.41) is 1.73. The Morgan fingerprint density at radius 3 is 2.72 bits per heavy atom. The highest BCUT2D eigenvalue weighted by Crippen LogP contribution is 2.17. The highest BCUT2D eigenvalue weighted by Gasteiger charge is 2.05. The van der Waals surface area contributed by atoms with Gasteiger partial charge in [0.1, 0.15) is 5.65 Å². The van der Waals surface area contributed by atoms with Crippen LogP contribution in [0.15, 0.2) is 41.3 Å². The molecule has 1 N–H and O–H groups in total. The molecule has 0 saturated carbocycles. The van der Waals surface area contributed by atoms with Crippen molar-refractivity contribution in [3.8, 4) is 0 Å². The number of benzene rings is 1.